The Bertz CT molecular complexity index is 476. The lowest BCUT2D eigenvalue weighted by Crippen LogP contribution is -2.36. The van der Waals surface area contributed by atoms with E-state index in [0.29, 0.717) is 0 Å². The highest BCUT2D eigenvalue weighted by molar-refractivity contribution is 6.31. The summed E-state index contributed by atoms with van der Waals surface area (Å²) >= 11 is 5.82. The first-order chi connectivity index (χ1) is 8.39. The number of amides is 1. The summed E-state index contributed by atoms with van der Waals surface area (Å²) in [6, 6.07) is 2.77. The minimum absolute atomic E-state index is 0.0166. The fourth-order valence-electron chi connectivity index (χ4n) is 1.88. The number of alkyl carbamates (subject to hydrolysis) is 1. The smallest absolute Gasteiger partial charge is 0.416 e. The van der Waals surface area contributed by atoms with E-state index in [1.165, 1.54) is 12.1 Å². The zero-order valence-electron chi connectivity index (χ0n) is 9.05. The maximum Gasteiger partial charge on any atom is 0.416 e. The number of cyclic esters (lactones) is 1. The largest absolute Gasteiger partial charge is 0.449 e. The van der Waals surface area contributed by atoms with Gasteiger partial charge in [-0.15, -0.1) is 0 Å². The topological polar surface area (TPSA) is 38.3 Å². The molecule has 0 radical (unpaired) electrons. The minimum atomic E-state index is -4.51. The standard InChI is InChI=1S/C11H9ClF3NO2/c12-7-3-1-2-6(11(13,14)15)9(7)8-4-5-18-10(17)16-8/h1-3,8H,4-5H2,(H,16,17)/t8-/m0/s1. The summed E-state index contributed by atoms with van der Waals surface area (Å²) in [5.74, 6) is 0. The second-order valence-corrected chi connectivity index (χ2v) is 4.23. The number of hydrogen-bond donors (Lipinski definition) is 1. The quantitative estimate of drug-likeness (QED) is 0.854. The Labute approximate surface area is 106 Å². The third-order valence-corrected chi connectivity index (χ3v) is 2.97. The summed E-state index contributed by atoms with van der Waals surface area (Å²) in [7, 11) is 0. The highest BCUT2D eigenvalue weighted by Crippen LogP contribution is 2.39. The summed E-state index contributed by atoms with van der Waals surface area (Å²) < 4.78 is 43.3. The summed E-state index contributed by atoms with van der Waals surface area (Å²) in [5.41, 5.74) is -0.939. The second-order valence-electron chi connectivity index (χ2n) is 3.82. The van der Waals surface area contributed by atoms with Gasteiger partial charge in [-0.05, 0) is 12.1 Å². The maximum atomic E-state index is 12.9. The number of nitrogens with one attached hydrogen (secondary N) is 1. The number of rotatable bonds is 1. The molecule has 0 saturated carbocycles. The minimum Gasteiger partial charge on any atom is -0.449 e. The Kier molecular flexibility index (Phi) is 3.38. The van der Waals surface area contributed by atoms with Crippen LogP contribution in [0.25, 0.3) is 0 Å². The van der Waals surface area contributed by atoms with Crippen molar-refractivity contribution in [2.45, 2.75) is 18.6 Å². The molecule has 1 aromatic rings. The Hall–Kier alpha value is -1.43. The molecule has 1 aliphatic rings. The average Bonchev–Trinajstić information content (AvgIpc) is 2.27. The molecular weight excluding hydrogens is 271 g/mol. The highest BCUT2D eigenvalue weighted by atomic mass is 35.5. The normalized spacial score (nSPS) is 20.2. The van der Waals surface area contributed by atoms with Crippen molar-refractivity contribution in [1.82, 2.24) is 5.32 Å². The van der Waals surface area contributed by atoms with Gasteiger partial charge in [0, 0.05) is 17.0 Å². The maximum absolute atomic E-state index is 12.9. The molecule has 1 N–H and O–H groups in total. The van der Waals surface area contributed by atoms with Gasteiger partial charge in [0.1, 0.15) is 0 Å². The molecule has 1 fully saturated rings. The van der Waals surface area contributed by atoms with Gasteiger partial charge in [0.15, 0.2) is 0 Å². The van der Waals surface area contributed by atoms with E-state index >= 15 is 0 Å². The van der Waals surface area contributed by atoms with Gasteiger partial charge in [-0.3, -0.25) is 0 Å². The number of ether oxygens (including phenoxy) is 1. The van der Waals surface area contributed by atoms with Crippen LogP contribution in [0.5, 0.6) is 0 Å². The molecule has 1 aromatic carbocycles. The van der Waals surface area contributed by atoms with Crippen LogP contribution in [0.3, 0.4) is 0 Å². The van der Waals surface area contributed by atoms with Crippen LogP contribution in [0.1, 0.15) is 23.6 Å². The number of hydrogen-bond acceptors (Lipinski definition) is 2. The van der Waals surface area contributed by atoms with Crippen LogP contribution >= 0.6 is 11.6 Å². The van der Waals surface area contributed by atoms with Gasteiger partial charge in [-0.1, -0.05) is 17.7 Å². The zero-order chi connectivity index (χ0) is 13.3. The average molecular weight is 280 g/mol. The highest BCUT2D eigenvalue weighted by Gasteiger charge is 2.37. The molecule has 0 bridgehead atoms. The summed E-state index contributed by atoms with van der Waals surface area (Å²) in [4.78, 5) is 11.1. The van der Waals surface area contributed by atoms with Crippen molar-refractivity contribution in [2.24, 2.45) is 0 Å². The van der Waals surface area contributed by atoms with E-state index in [1.54, 1.807) is 0 Å². The van der Waals surface area contributed by atoms with Gasteiger partial charge >= 0.3 is 12.3 Å². The molecule has 3 nitrogen and oxygen atoms in total. The third kappa shape index (κ3) is 2.53. The monoisotopic (exact) mass is 279 g/mol. The van der Waals surface area contributed by atoms with Crippen LogP contribution in [0.15, 0.2) is 18.2 Å². The molecule has 0 spiro atoms. The first kappa shape index (κ1) is 13.0. The van der Waals surface area contributed by atoms with Crippen molar-refractivity contribution < 1.29 is 22.7 Å². The number of benzene rings is 1. The number of alkyl halides is 3. The first-order valence-electron chi connectivity index (χ1n) is 5.18. The second kappa shape index (κ2) is 4.68. The fourth-order valence-corrected chi connectivity index (χ4v) is 2.19. The van der Waals surface area contributed by atoms with E-state index in [4.69, 9.17) is 11.6 Å². The molecule has 98 valence electrons. The van der Waals surface area contributed by atoms with E-state index in [2.05, 4.69) is 10.1 Å². The lowest BCUT2D eigenvalue weighted by Gasteiger charge is -2.27. The molecule has 0 aliphatic carbocycles. The predicted molar refractivity (Wildman–Crippen MR) is 58.3 cm³/mol. The summed E-state index contributed by atoms with van der Waals surface area (Å²) in [6.07, 6.45) is -5.00. The van der Waals surface area contributed by atoms with E-state index < -0.39 is 23.9 Å². The van der Waals surface area contributed by atoms with Gasteiger partial charge in [0.2, 0.25) is 0 Å². The zero-order valence-corrected chi connectivity index (χ0v) is 9.81. The van der Waals surface area contributed by atoms with Crippen molar-refractivity contribution in [3.05, 3.63) is 34.3 Å². The van der Waals surface area contributed by atoms with Gasteiger partial charge < -0.3 is 10.1 Å². The molecule has 1 heterocycles. The van der Waals surface area contributed by atoms with Gasteiger partial charge in [0.25, 0.3) is 0 Å². The van der Waals surface area contributed by atoms with Crippen molar-refractivity contribution in [3.8, 4) is 0 Å². The lowest BCUT2D eigenvalue weighted by atomic mass is 9.97. The van der Waals surface area contributed by atoms with Crippen molar-refractivity contribution in [1.29, 1.82) is 0 Å². The van der Waals surface area contributed by atoms with E-state index in [-0.39, 0.29) is 23.6 Å². The van der Waals surface area contributed by atoms with E-state index in [9.17, 15) is 18.0 Å². The third-order valence-electron chi connectivity index (χ3n) is 2.64. The lowest BCUT2D eigenvalue weighted by molar-refractivity contribution is -0.138. The van der Waals surface area contributed by atoms with Crippen LogP contribution in [-0.2, 0) is 10.9 Å². The molecule has 18 heavy (non-hydrogen) atoms. The number of carbonyl (C=O) groups is 1. The fraction of sp³-hybridized carbons (Fsp3) is 0.364. The van der Waals surface area contributed by atoms with Crippen LogP contribution in [0, 0.1) is 0 Å². The predicted octanol–water partition coefficient (Wildman–Crippen LogP) is 3.53. The van der Waals surface area contributed by atoms with E-state index in [0.717, 1.165) is 6.07 Å². The Morgan fingerprint density at radius 1 is 1.39 bits per heavy atom. The number of halogens is 4. The Morgan fingerprint density at radius 2 is 2.11 bits per heavy atom. The summed E-state index contributed by atoms with van der Waals surface area (Å²) in [6.45, 7) is 0.0685. The molecule has 0 unspecified atom stereocenters. The van der Waals surface area contributed by atoms with Gasteiger partial charge in [-0.2, -0.15) is 13.2 Å². The number of carbonyl (C=O) groups excluding carboxylic acids is 1. The Balaban J connectivity index is 2.45. The molecule has 1 amide bonds. The molecule has 2 rings (SSSR count). The molecule has 1 aliphatic heterocycles. The van der Waals surface area contributed by atoms with E-state index in [1.807, 2.05) is 0 Å². The van der Waals surface area contributed by atoms with Crippen molar-refractivity contribution >= 4 is 17.7 Å². The Morgan fingerprint density at radius 3 is 2.72 bits per heavy atom. The van der Waals surface area contributed by atoms with Gasteiger partial charge in [-0.25, -0.2) is 4.79 Å². The van der Waals surface area contributed by atoms with Crippen molar-refractivity contribution in [3.63, 3.8) is 0 Å². The van der Waals surface area contributed by atoms with Gasteiger partial charge in [0.05, 0.1) is 18.2 Å². The summed E-state index contributed by atoms with van der Waals surface area (Å²) in [5, 5.41) is 2.32. The molecule has 0 aromatic heterocycles. The molecule has 1 atom stereocenters. The molecule has 1 saturated heterocycles. The SMILES string of the molecule is O=C1N[C@H](c2c(Cl)cccc2C(F)(F)F)CCO1. The van der Waals surface area contributed by atoms with Crippen LogP contribution in [0.4, 0.5) is 18.0 Å². The molecule has 7 heteroatoms. The van der Waals surface area contributed by atoms with Crippen LogP contribution in [0.2, 0.25) is 5.02 Å². The van der Waals surface area contributed by atoms with Crippen molar-refractivity contribution in [2.75, 3.05) is 6.61 Å². The first-order valence-corrected chi connectivity index (χ1v) is 5.56. The molecular formula is C11H9ClF3NO2. The van der Waals surface area contributed by atoms with Crippen LogP contribution in [-0.4, -0.2) is 12.7 Å². The van der Waals surface area contributed by atoms with Crippen LogP contribution < -0.4 is 5.32 Å².